The lowest BCUT2D eigenvalue weighted by atomic mass is 9.82. The van der Waals surface area contributed by atoms with Gasteiger partial charge in [-0.15, -0.1) is 0 Å². The van der Waals surface area contributed by atoms with Gasteiger partial charge >= 0.3 is 0 Å². The van der Waals surface area contributed by atoms with Crippen molar-refractivity contribution >= 4 is 11.6 Å². The lowest BCUT2D eigenvalue weighted by Gasteiger charge is -2.35. The number of nitrogens with zero attached hydrogens (tertiary/aromatic N) is 3. The zero-order chi connectivity index (χ0) is 20.4. The second kappa shape index (κ2) is 8.79. The number of methoxy groups -OCH3 is 1. The SMILES string of the molecule is CCCCO[C@H]1C[C@H]2CC[C@@H](C1)[C@@H]2NC(=O)c1ncn2c(C)cc(COC)nc12. The minimum absolute atomic E-state index is 0.124. The summed E-state index contributed by atoms with van der Waals surface area (Å²) in [5, 5.41) is 3.29. The summed E-state index contributed by atoms with van der Waals surface area (Å²) < 4.78 is 13.2. The molecule has 4 rings (SSSR count). The van der Waals surface area contributed by atoms with Crippen LogP contribution in [0.4, 0.5) is 0 Å². The molecule has 0 spiro atoms. The Hall–Kier alpha value is -1.99. The van der Waals surface area contributed by atoms with E-state index in [-0.39, 0.29) is 11.9 Å². The van der Waals surface area contributed by atoms with Gasteiger partial charge in [0.05, 0.1) is 18.4 Å². The predicted octanol–water partition coefficient (Wildman–Crippen LogP) is 3.29. The lowest BCUT2D eigenvalue weighted by molar-refractivity contribution is -0.00121. The van der Waals surface area contributed by atoms with Gasteiger partial charge in [0.15, 0.2) is 11.3 Å². The highest BCUT2D eigenvalue weighted by molar-refractivity contribution is 5.98. The van der Waals surface area contributed by atoms with Crippen LogP contribution in [0.25, 0.3) is 5.65 Å². The molecule has 2 aliphatic carbocycles. The van der Waals surface area contributed by atoms with Crippen LogP contribution in [0.5, 0.6) is 0 Å². The fourth-order valence-electron chi connectivity index (χ4n) is 5.03. The Morgan fingerprint density at radius 1 is 1.31 bits per heavy atom. The van der Waals surface area contributed by atoms with Crippen LogP contribution in [-0.4, -0.2) is 46.1 Å². The first kappa shape index (κ1) is 20.3. The number of aryl methyl sites for hydroxylation is 1. The third kappa shape index (κ3) is 4.16. The highest BCUT2D eigenvalue weighted by Gasteiger charge is 2.44. The third-order valence-corrected chi connectivity index (χ3v) is 6.46. The van der Waals surface area contributed by atoms with Crippen molar-refractivity contribution in [3.8, 4) is 0 Å². The van der Waals surface area contributed by atoms with Crippen molar-refractivity contribution in [2.75, 3.05) is 13.7 Å². The molecule has 2 heterocycles. The van der Waals surface area contributed by atoms with Crippen molar-refractivity contribution in [1.29, 1.82) is 0 Å². The maximum atomic E-state index is 13.1. The maximum absolute atomic E-state index is 13.1. The summed E-state index contributed by atoms with van der Waals surface area (Å²) in [5.41, 5.74) is 2.78. The van der Waals surface area contributed by atoms with Crippen LogP contribution >= 0.6 is 0 Å². The Morgan fingerprint density at radius 2 is 2.07 bits per heavy atom. The van der Waals surface area contributed by atoms with Crippen LogP contribution in [0.2, 0.25) is 0 Å². The number of ether oxygens (including phenoxy) is 2. The van der Waals surface area contributed by atoms with Gasteiger partial charge in [0, 0.05) is 25.5 Å². The summed E-state index contributed by atoms with van der Waals surface area (Å²) in [6.45, 7) is 5.44. The molecular formula is C22H32N4O3. The van der Waals surface area contributed by atoms with Crippen molar-refractivity contribution in [2.24, 2.45) is 11.8 Å². The second-order valence-electron chi connectivity index (χ2n) is 8.52. The van der Waals surface area contributed by atoms with Gasteiger partial charge in [0.2, 0.25) is 0 Å². The number of carbonyl (C=O) groups excluding carboxylic acids is 1. The summed E-state index contributed by atoms with van der Waals surface area (Å²) in [6.07, 6.45) is 8.74. The molecule has 0 saturated heterocycles. The molecule has 2 bridgehead atoms. The van der Waals surface area contributed by atoms with Crippen molar-refractivity contribution < 1.29 is 14.3 Å². The van der Waals surface area contributed by atoms with Gasteiger partial charge in [-0.3, -0.25) is 9.20 Å². The molecule has 2 saturated carbocycles. The topological polar surface area (TPSA) is 77.8 Å². The minimum Gasteiger partial charge on any atom is -0.378 e. The summed E-state index contributed by atoms with van der Waals surface area (Å²) in [4.78, 5) is 22.1. The first-order chi connectivity index (χ1) is 14.1. The molecule has 2 fully saturated rings. The van der Waals surface area contributed by atoms with Crippen molar-refractivity contribution in [3.63, 3.8) is 0 Å². The highest BCUT2D eigenvalue weighted by atomic mass is 16.5. The molecule has 0 aliphatic heterocycles. The molecule has 4 atom stereocenters. The average Bonchev–Trinajstić information content (AvgIpc) is 3.21. The molecule has 1 N–H and O–H groups in total. The Kier molecular flexibility index (Phi) is 6.15. The Labute approximate surface area is 172 Å². The van der Waals surface area contributed by atoms with E-state index in [2.05, 4.69) is 22.2 Å². The number of rotatable bonds is 8. The van der Waals surface area contributed by atoms with Crippen molar-refractivity contribution in [1.82, 2.24) is 19.7 Å². The van der Waals surface area contributed by atoms with E-state index in [4.69, 9.17) is 9.47 Å². The predicted molar refractivity (Wildman–Crippen MR) is 110 cm³/mol. The first-order valence-electron chi connectivity index (χ1n) is 10.9. The molecule has 0 unspecified atom stereocenters. The molecule has 0 radical (unpaired) electrons. The zero-order valence-corrected chi connectivity index (χ0v) is 17.7. The van der Waals surface area contributed by atoms with Gasteiger partial charge in [-0.2, -0.15) is 0 Å². The van der Waals surface area contributed by atoms with Crippen LogP contribution in [0.1, 0.15) is 67.3 Å². The molecule has 2 aromatic heterocycles. The number of imidazole rings is 1. The van der Waals surface area contributed by atoms with Crippen LogP contribution in [0.3, 0.4) is 0 Å². The molecule has 2 aliphatic rings. The number of amides is 1. The number of aromatic nitrogens is 3. The number of unbranched alkanes of at least 4 members (excludes halogenated alkanes) is 1. The van der Waals surface area contributed by atoms with Crippen LogP contribution in [0, 0.1) is 18.8 Å². The smallest absolute Gasteiger partial charge is 0.274 e. The lowest BCUT2D eigenvalue weighted by Crippen LogP contribution is -2.46. The van der Waals surface area contributed by atoms with E-state index in [9.17, 15) is 4.79 Å². The Bertz CT molecular complexity index is 851. The zero-order valence-electron chi connectivity index (χ0n) is 17.7. The van der Waals surface area contributed by atoms with Crippen LogP contribution < -0.4 is 5.32 Å². The fraction of sp³-hybridized carbons (Fsp3) is 0.682. The Balaban J connectivity index is 1.46. The quantitative estimate of drug-likeness (QED) is 0.688. The Morgan fingerprint density at radius 3 is 2.76 bits per heavy atom. The van der Waals surface area contributed by atoms with Gasteiger partial charge in [-0.05, 0) is 56.9 Å². The van der Waals surface area contributed by atoms with E-state index in [1.54, 1.807) is 13.4 Å². The fourth-order valence-corrected chi connectivity index (χ4v) is 5.03. The van der Waals surface area contributed by atoms with Crippen LogP contribution in [0.15, 0.2) is 12.4 Å². The number of carbonyl (C=O) groups is 1. The van der Waals surface area contributed by atoms with Gasteiger partial charge < -0.3 is 14.8 Å². The van der Waals surface area contributed by atoms with E-state index in [1.807, 2.05) is 17.4 Å². The molecular weight excluding hydrogens is 368 g/mol. The van der Waals surface area contributed by atoms with E-state index in [1.165, 1.54) is 12.8 Å². The molecule has 7 nitrogen and oxygen atoms in total. The molecule has 0 aromatic carbocycles. The molecule has 158 valence electrons. The summed E-state index contributed by atoms with van der Waals surface area (Å²) in [6, 6.07) is 2.17. The van der Waals surface area contributed by atoms with E-state index >= 15 is 0 Å². The molecule has 2 aromatic rings. The standard InChI is InChI=1S/C22H32N4O3/c1-4-5-8-29-18-10-15-6-7-16(11-18)19(15)25-22(27)20-21-24-17(12-28-3)9-14(2)26(21)13-23-20/h9,13,15-16,18-19H,4-8,10-12H2,1-3H3,(H,25,27)/t15-,16+,18+,19-. The van der Waals surface area contributed by atoms with Gasteiger partial charge in [0.1, 0.15) is 6.33 Å². The normalized spacial score (nSPS) is 26.2. The molecule has 29 heavy (non-hydrogen) atoms. The minimum atomic E-state index is -0.124. The van der Waals surface area contributed by atoms with Crippen LogP contribution in [-0.2, 0) is 16.1 Å². The number of nitrogens with one attached hydrogen (secondary N) is 1. The molecule has 1 amide bonds. The van der Waals surface area contributed by atoms with E-state index in [0.717, 1.165) is 43.7 Å². The highest BCUT2D eigenvalue weighted by Crippen LogP contribution is 2.43. The van der Waals surface area contributed by atoms with Gasteiger partial charge in [-0.25, -0.2) is 9.97 Å². The number of hydrogen-bond donors (Lipinski definition) is 1. The monoisotopic (exact) mass is 400 g/mol. The van der Waals surface area contributed by atoms with Crippen molar-refractivity contribution in [3.05, 3.63) is 29.5 Å². The second-order valence-corrected chi connectivity index (χ2v) is 8.52. The largest absolute Gasteiger partial charge is 0.378 e. The number of fused-ring (bicyclic) bond motifs is 3. The van der Waals surface area contributed by atoms with Gasteiger partial charge in [0.25, 0.3) is 5.91 Å². The van der Waals surface area contributed by atoms with Gasteiger partial charge in [-0.1, -0.05) is 13.3 Å². The summed E-state index contributed by atoms with van der Waals surface area (Å²) in [7, 11) is 1.64. The summed E-state index contributed by atoms with van der Waals surface area (Å²) in [5.74, 6) is 0.870. The summed E-state index contributed by atoms with van der Waals surface area (Å²) >= 11 is 0. The van der Waals surface area contributed by atoms with E-state index in [0.29, 0.717) is 35.9 Å². The van der Waals surface area contributed by atoms with Crippen molar-refractivity contribution in [2.45, 2.75) is 71.1 Å². The molecule has 7 heteroatoms. The van der Waals surface area contributed by atoms with E-state index < -0.39 is 0 Å². The average molecular weight is 401 g/mol. The maximum Gasteiger partial charge on any atom is 0.274 e. The first-order valence-corrected chi connectivity index (χ1v) is 10.9. The third-order valence-electron chi connectivity index (χ3n) is 6.46. The number of hydrogen-bond acceptors (Lipinski definition) is 5.